The third-order valence-corrected chi connectivity index (χ3v) is 6.92. The molecule has 5 heterocycles. The Balaban J connectivity index is 1.51. The Morgan fingerprint density at radius 2 is 1.93 bits per heavy atom. The minimum Gasteiger partial charge on any atom is -0.485 e. The van der Waals surface area contributed by atoms with Gasteiger partial charge < -0.3 is 14.7 Å². The van der Waals surface area contributed by atoms with E-state index >= 15 is 4.39 Å². The second-order valence-electron chi connectivity index (χ2n) is 9.84. The zero-order valence-corrected chi connectivity index (χ0v) is 22.5. The molecule has 0 radical (unpaired) electrons. The van der Waals surface area contributed by atoms with Crippen molar-refractivity contribution in [2.45, 2.75) is 39.4 Å². The summed E-state index contributed by atoms with van der Waals surface area (Å²) in [5.41, 5.74) is -1.17. The maximum atomic E-state index is 16.1. The van der Waals surface area contributed by atoms with Crippen LogP contribution in [0.25, 0.3) is 17.1 Å². The van der Waals surface area contributed by atoms with Crippen molar-refractivity contribution in [2.24, 2.45) is 0 Å². The lowest BCUT2D eigenvalue weighted by atomic mass is 10.1. The number of aliphatic hydroxyl groups is 1. The van der Waals surface area contributed by atoms with Crippen molar-refractivity contribution in [3.05, 3.63) is 86.6 Å². The summed E-state index contributed by atoms with van der Waals surface area (Å²) in [4.78, 5) is 31.8. The third-order valence-electron chi connectivity index (χ3n) is 6.57. The normalized spacial score (nSPS) is 16.9. The fourth-order valence-corrected chi connectivity index (χ4v) is 4.72. The average molecular weight is 573 g/mol. The highest BCUT2D eigenvalue weighted by molar-refractivity contribution is 6.31. The van der Waals surface area contributed by atoms with Crippen LogP contribution in [0.3, 0.4) is 0 Å². The molecule has 1 N–H and O–H groups in total. The predicted molar refractivity (Wildman–Crippen MR) is 141 cm³/mol. The molecule has 0 aliphatic carbocycles. The standard InChI is InChI=1S/C27H24ClF3N6O3/c1-14-10-34-23(18-4-6-32-26(35-18)36-7-5-27(3,39)13-36)22(31)24(14)37-15(2)8-20(21(28)25(37)38)40-12-19-17(30)9-16(29)11-33-19/h4,6,8-11,39H,5,7,12-13H2,1-3H3. The summed E-state index contributed by atoms with van der Waals surface area (Å²) >= 11 is 6.31. The monoisotopic (exact) mass is 572 g/mol. The number of nitrogens with zero attached hydrogens (tertiary/aromatic N) is 6. The van der Waals surface area contributed by atoms with Gasteiger partial charge in [-0.15, -0.1) is 0 Å². The van der Waals surface area contributed by atoms with E-state index in [9.17, 15) is 18.7 Å². The van der Waals surface area contributed by atoms with Gasteiger partial charge in [-0.2, -0.15) is 0 Å². The molecule has 1 aliphatic heterocycles. The van der Waals surface area contributed by atoms with Gasteiger partial charge in [0.25, 0.3) is 5.56 Å². The summed E-state index contributed by atoms with van der Waals surface area (Å²) in [6.45, 7) is 5.34. The van der Waals surface area contributed by atoms with Crippen molar-refractivity contribution in [3.8, 4) is 22.8 Å². The van der Waals surface area contributed by atoms with E-state index in [1.54, 1.807) is 25.7 Å². The molecule has 9 nitrogen and oxygen atoms in total. The molecule has 0 saturated carbocycles. The van der Waals surface area contributed by atoms with E-state index in [0.717, 1.165) is 10.8 Å². The van der Waals surface area contributed by atoms with Crippen LogP contribution < -0.4 is 15.2 Å². The molecule has 13 heteroatoms. The van der Waals surface area contributed by atoms with E-state index in [4.69, 9.17) is 16.3 Å². The molecular weight excluding hydrogens is 549 g/mol. The number of hydrogen-bond acceptors (Lipinski definition) is 8. The molecule has 5 rings (SSSR count). The molecule has 1 aliphatic rings. The summed E-state index contributed by atoms with van der Waals surface area (Å²) in [5.74, 6) is -2.30. The van der Waals surface area contributed by atoms with Crippen LogP contribution >= 0.6 is 11.6 Å². The van der Waals surface area contributed by atoms with Crippen molar-refractivity contribution in [2.75, 3.05) is 18.0 Å². The van der Waals surface area contributed by atoms with E-state index in [1.165, 1.54) is 24.5 Å². The second-order valence-corrected chi connectivity index (χ2v) is 10.2. The Morgan fingerprint density at radius 3 is 2.62 bits per heavy atom. The average Bonchev–Trinajstić information content (AvgIpc) is 3.27. The lowest BCUT2D eigenvalue weighted by molar-refractivity contribution is 0.0838. The third kappa shape index (κ3) is 5.24. The van der Waals surface area contributed by atoms with Gasteiger partial charge in [0.15, 0.2) is 11.6 Å². The van der Waals surface area contributed by atoms with E-state index in [2.05, 4.69) is 19.9 Å². The van der Waals surface area contributed by atoms with Crippen molar-refractivity contribution in [1.29, 1.82) is 0 Å². The maximum absolute atomic E-state index is 16.1. The lowest BCUT2D eigenvalue weighted by Gasteiger charge is -2.20. The zero-order chi connectivity index (χ0) is 28.8. The van der Waals surface area contributed by atoms with Gasteiger partial charge in [-0.25, -0.2) is 23.1 Å². The highest BCUT2D eigenvalue weighted by atomic mass is 35.5. The Labute approximate surface area is 231 Å². The van der Waals surface area contributed by atoms with Gasteiger partial charge in [-0.1, -0.05) is 11.6 Å². The van der Waals surface area contributed by atoms with Gasteiger partial charge in [-0.3, -0.25) is 19.3 Å². The molecule has 0 spiro atoms. The number of pyridine rings is 3. The molecular formula is C27H24ClF3N6O3. The summed E-state index contributed by atoms with van der Waals surface area (Å²) in [6, 6.07) is 3.58. The topological polar surface area (TPSA) is 106 Å². The SMILES string of the molecule is Cc1cnc(-c2ccnc(N3CCC(C)(O)C3)n2)c(F)c1-n1c(C)cc(OCc2ncc(F)cc2F)c(Cl)c1=O. The molecule has 1 unspecified atom stereocenters. The number of hydrogen-bond donors (Lipinski definition) is 1. The van der Waals surface area contributed by atoms with Crippen molar-refractivity contribution < 1.29 is 23.0 Å². The molecule has 4 aromatic heterocycles. The maximum Gasteiger partial charge on any atom is 0.278 e. The number of aromatic nitrogens is 5. The summed E-state index contributed by atoms with van der Waals surface area (Å²) in [7, 11) is 0. The van der Waals surface area contributed by atoms with Crippen LogP contribution in [0.4, 0.5) is 19.1 Å². The number of halogens is 4. The molecule has 0 amide bonds. The fourth-order valence-electron chi connectivity index (χ4n) is 4.53. The first-order valence-electron chi connectivity index (χ1n) is 12.3. The van der Waals surface area contributed by atoms with E-state index in [0.29, 0.717) is 37.1 Å². The predicted octanol–water partition coefficient (Wildman–Crippen LogP) is 4.31. The van der Waals surface area contributed by atoms with Gasteiger partial charge in [-0.05, 0) is 38.8 Å². The Bertz CT molecular complexity index is 1680. The highest BCUT2D eigenvalue weighted by Gasteiger charge is 2.33. The molecule has 0 bridgehead atoms. The van der Waals surface area contributed by atoms with Crippen LogP contribution in [0.1, 0.15) is 30.3 Å². The highest BCUT2D eigenvalue weighted by Crippen LogP contribution is 2.31. The van der Waals surface area contributed by atoms with Crippen molar-refractivity contribution in [3.63, 3.8) is 0 Å². The summed E-state index contributed by atoms with van der Waals surface area (Å²) in [6.07, 6.45) is 4.28. The second kappa shape index (κ2) is 10.5. The minimum absolute atomic E-state index is 0.0692. The van der Waals surface area contributed by atoms with Crippen molar-refractivity contribution >= 4 is 17.5 Å². The number of β-amino-alcohol motifs (C(OH)–C–C–N with tert-alkyl or cyclic N) is 1. The van der Waals surface area contributed by atoms with Crippen molar-refractivity contribution in [1.82, 2.24) is 24.5 Å². The fraction of sp³-hybridized carbons (Fsp3) is 0.296. The molecule has 0 aromatic carbocycles. The molecule has 1 atom stereocenters. The minimum atomic E-state index is -0.911. The number of aryl methyl sites for hydroxylation is 2. The van der Waals surface area contributed by atoms with Gasteiger partial charge in [0.2, 0.25) is 5.95 Å². The molecule has 208 valence electrons. The Hall–Kier alpha value is -4.03. The Morgan fingerprint density at radius 1 is 1.15 bits per heavy atom. The molecule has 4 aromatic rings. The number of anilines is 1. The van der Waals surface area contributed by atoms with Gasteiger partial charge in [0, 0.05) is 43.3 Å². The molecule has 40 heavy (non-hydrogen) atoms. The number of ether oxygens (including phenoxy) is 1. The van der Waals surface area contributed by atoms with Gasteiger partial charge in [0.05, 0.1) is 23.2 Å². The zero-order valence-electron chi connectivity index (χ0n) is 21.8. The van der Waals surface area contributed by atoms with Gasteiger partial charge >= 0.3 is 0 Å². The van der Waals surface area contributed by atoms with E-state index in [-0.39, 0.29) is 39.2 Å². The van der Waals surface area contributed by atoms with Crippen LogP contribution in [0.5, 0.6) is 5.75 Å². The van der Waals surface area contributed by atoms with Gasteiger partial charge in [0.1, 0.15) is 34.6 Å². The molecule has 1 saturated heterocycles. The smallest absolute Gasteiger partial charge is 0.278 e. The summed E-state index contributed by atoms with van der Waals surface area (Å²) in [5, 5.41) is 9.94. The van der Waals surface area contributed by atoms with Crippen LogP contribution in [0.2, 0.25) is 5.02 Å². The summed E-state index contributed by atoms with van der Waals surface area (Å²) < 4.78 is 49.8. The number of rotatable bonds is 6. The quantitative estimate of drug-likeness (QED) is 0.364. The van der Waals surface area contributed by atoms with Crippen LogP contribution in [0.15, 0.2) is 41.6 Å². The largest absolute Gasteiger partial charge is 0.485 e. The van der Waals surface area contributed by atoms with Crippen LogP contribution in [-0.2, 0) is 6.61 Å². The van der Waals surface area contributed by atoms with Crippen LogP contribution in [0, 0.1) is 31.3 Å². The first kappa shape index (κ1) is 27.5. The van der Waals surface area contributed by atoms with E-state index in [1.807, 2.05) is 0 Å². The first-order chi connectivity index (χ1) is 18.9. The van der Waals surface area contributed by atoms with Crippen LogP contribution in [-0.4, -0.2) is 48.3 Å². The van der Waals surface area contributed by atoms with E-state index < -0.39 is 35.2 Å². The molecule has 1 fully saturated rings. The first-order valence-corrected chi connectivity index (χ1v) is 12.6. The Kier molecular flexibility index (Phi) is 7.23. The lowest BCUT2D eigenvalue weighted by Crippen LogP contribution is -2.30.